The molecule has 1 aromatic heterocycles. The van der Waals surface area contributed by atoms with Crippen LogP contribution >= 0.6 is 23.5 Å². The van der Waals surface area contributed by atoms with Crippen molar-refractivity contribution in [2.75, 3.05) is 24.6 Å². The number of nitrogens with one attached hydrogen (secondary N) is 1. The van der Waals surface area contributed by atoms with E-state index in [4.69, 9.17) is 0 Å². The van der Waals surface area contributed by atoms with Crippen molar-refractivity contribution in [1.82, 2.24) is 14.9 Å². The number of thioether (sulfide) groups is 2. The first-order valence-corrected chi connectivity index (χ1v) is 10.7. The van der Waals surface area contributed by atoms with Gasteiger partial charge in [-0.2, -0.15) is 0 Å². The molecule has 0 spiro atoms. The molecule has 0 saturated carbocycles. The lowest BCUT2D eigenvalue weighted by Gasteiger charge is -2.21. The highest BCUT2D eigenvalue weighted by Gasteiger charge is 2.08. The van der Waals surface area contributed by atoms with Gasteiger partial charge in [0.1, 0.15) is 11.5 Å². The van der Waals surface area contributed by atoms with Gasteiger partial charge >= 0.3 is 0 Å². The molecule has 2 aromatic carbocycles. The molecule has 0 amide bonds. The van der Waals surface area contributed by atoms with Crippen LogP contribution in [0.15, 0.2) is 70.8 Å². The number of rotatable bonds is 10. The first-order valence-electron chi connectivity index (χ1n) is 8.72. The minimum Gasteiger partial charge on any atom is -0.508 e. The summed E-state index contributed by atoms with van der Waals surface area (Å²) in [5, 5.41) is 18.8. The fraction of sp³-hybridized carbons (Fsp3) is 0.250. The first kappa shape index (κ1) is 19.7. The third kappa shape index (κ3) is 6.86. The van der Waals surface area contributed by atoms with Crippen LogP contribution in [0.2, 0.25) is 0 Å². The minimum absolute atomic E-state index is 0.298. The molecule has 0 fully saturated rings. The zero-order chi connectivity index (χ0) is 18.9. The predicted molar refractivity (Wildman–Crippen MR) is 112 cm³/mol. The first-order chi connectivity index (χ1) is 13.2. The van der Waals surface area contributed by atoms with E-state index in [0.29, 0.717) is 11.5 Å². The molecule has 0 bridgehead atoms. The molecule has 0 unspecified atom stereocenters. The molecule has 0 aliphatic carbocycles. The van der Waals surface area contributed by atoms with Crippen LogP contribution in [0.4, 0.5) is 0 Å². The van der Waals surface area contributed by atoms with Crippen molar-refractivity contribution >= 4 is 23.5 Å². The molecule has 5 nitrogen and oxygen atoms in total. The van der Waals surface area contributed by atoms with E-state index < -0.39 is 0 Å². The summed E-state index contributed by atoms with van der Waals surface area (Å²) >= 11 is 3.58. The van der Waals surface area contributed by atoms with Crippen molar-refractivity contribution in [3.05, 3.63) is 66.7 Å². The van der Waals surface area contributed by atoms with E-state index in [-0.39, 0.29) is 0 Å². The molecule has 0 aliphatic rings. The second-order valence-electron chi connectivity index (χ2n) is 6.04. The van der Waals surface area contributed by atoms with Gasteiger partial charge in [0, 0.05) is 52.8 Å². The summed E-state index contributed by atoms with van der Waals surface area (Å²) in [7, 11) is 0. The summed E-state index contributed by atoms with van der Waals surface area (Å²) in [6.45, 7) is 2.76. The summed E-state index contributed by atoms with van der Waals surface area (Å²) in [6, 6.07) is 14.7. The highest BCUT2D eigenvalue weighted by atomic mass is 32.2. The highest BCUT2D eigenvalue weighted by molar-refractivity contribution is 7.99. The monoisotopic (exact) mass is 401 g/mol. The number of H-pyrrole nitrogens is 1. The summed E-state index contributed by atoms with van der Waals surface area (Å²) in [5.74, 6) is 2.55. The van der Waals surface area contributed by atoms with E-state index in [0.717, 1.165) is 46.6 Å². The molecule has 27 heavy (non-hydrogen) atoms. The SMILES string of the molecule is Oc1ccc(SCCN(CCSc2ccc(O)cc2)Cc2cnc[nH]2)cc1. The van der Waals surface area contributed by atoms with Gasteiger partial charge in [-0.05, 0) is 48.5 Å². The van der Waals surface area contributed by atoms with Crippen LogP contribution in [0.3, 0.4) is 0 Å². The average molecular weight is 402 g/mol. The summed E-state index contributed by atoms with van der Waals surface area (Å²) in [4.78, 5) is 12.0. The maximum absolute atomic E-state index is 9.38. The van der Waals surface area contributed by atoms with Crippen molar-refractivity contribution in [1.29, 1.82) is 0 Å². The zero-order valence-corrected chi connectivity index (χ0v) is 16.5. The molecule has 0 aliphatic heterocycles. The fourth-order valence-corrected chi connectivity index (χ4v) is 4.38. The maximum Gasteiger partial charge on any atom is 0.115 e. The van der Waals surface area contributed by atoms with Crippen LogP contribution in [-0.2, 0) is 6.54 Å². The number of phenols is 2. The molecule has 142 valence electrons. The second-order valence-corrected chi connectivity index (χ2v) is 8.37. The largest absolute Gasteiger partial charge is 0.508 e. The van der Waals surface area contributed by atoms with Crippen LogP contribution in [0.5, 0.6) is 11.5 Å². The molecule has 3 rings (SSSR count). The maximum atomic E-state index is 9.38. The highest BCUT2D eigenvalue weighted by Crippen LogP contribution is 2.22. The van der Waals surface area contributed by atoms with E-state index in [1.165, 1.54) is 0 Å². The Bertz CT molecular complexity index is 742. The predicted octanol–water partition coefficient (Wildman–Crippen LogP) is 4.21. The molecule has 7 heteroatoms. The second kappa shape index (κ2) is 10.3. The van der Waals surface area contributed by atoms with Gasteiger partial charge in [-0.15, -0.1) is 23.5 Å². The lowest BCUT2D eigenvalue weighted by atomic mass is 10.3. The Morgan fingerprint density at radius 1 is 0.815 bits per heavy atom. The summed E-state index contributed by atoms with van der Waals surface area (Å²) in [6.07, 6.45) is 3.58. The minimum atomic E-state index is 0.298. The quantitative estimate of drug-likeness (QED) is 0.442. The Morgan fingerprint density at radius 2 is 1.33 bits per heavy atom. The average Bonchev–Trinajstić information content (AvgIpc) is 3.18. The van der Waals surface area contributed by atoms with Crippen molar-refractivity contribution in [3.63, 3.8) is 0 Å². The smallest absolute Gasteiger partial charge is 0.115 e. The lowest BCUT2D eigenvalue weighted by Crippen LogP contribution is -2.28. The molecule has 3 aromatic rings. The number of hydrogen-bond acceptors (Lipinski definition) is 6. The van der Waals surface area contributed by atoms with Crippen LogP contribution in [0, 0.1) is 0 Å². The van der Waals surface area contributed by atoms with Gasteiger partial charge in [0.2, 0.25) is 0 Å². The number of hydrogen-bond donors (Lipinski definition) is 3. The van der Waals surface area contributed by atoms with Gasteiger partial charge in [0.15, 0.2) is 0 Å². The topological polar surface area (TPSA) is 72.4 Å². The number of imidazole rings is 1. The van der Waals surface area contributed by atoms with E-state index in [1.807, 2.05) is 30.5 Å². The Kier molecular flexibility index (Phi) is 7.50. The standard InChI is InChI=1S/C20H23N3O2S2/c24-17-1-5-19(6-2-17)26-11-9-23(14-16-13-21-15-22-16)10-12-27-20-7-3-18(25)4-8-20/h1-8,13,15,24-25H,9-12,14H2,(H,21,22). The molecule has 1 heterocycles. The van der Waals surface area contributed by atoms with Crippen molar-refractivity contribution < 1.29 is 10.2 Å². The van der Waals surface area contributed by atoms with Gasteiger partial charge in [-0.1, -0.05) is 0 Å². The van der Waals surface area contributed by atoms with Crippen molar-refractivity contribution in [2.45, 2.75) is 16.3 Å². The molecular weight excluding hydrogens is 378 g/mol. The van der Waals surface area contributed by atoms with Gasteiger partial charge in [0.25, 0.3) is 0 Å². The van der Waals surface area contributed by atoms with Gasteiger partial charge in [-0.3, -0.25) is 4.90 Å². The number of aromatic amines is 1. The molecule has 3 N–H and O–H groups in total. The molecule has 0 saturated heterocycles. The third-order valence-corrected chi connectivity index (χ3v) is 5.96. The van der Waals surface area contributed by atoms with Gasteiger partial charge in [-0.25, -0.2) is 4.98 Å². The normalized spacial score (nSPS) is 11.1. The third-order valence-electron chi connectivity index (χ3n) is 3.97. The van der Waals surface area contributed by atoms with Crippen LogP contribution in [0.25, 0.3) is 0 Å². The van der Waals surface area contributed by atoms with Gasteiger partial charge in [0.05, 0.1) is 6.33 Å². The number of phenolic OH excluding ortho intramolecular Hbond substituents is 2. The van der Waals surface area contributed by atoms with E-state index in [9.17, 15) is 10.2 Å². The number of nitrogens with zero attached hydrogens (tertiary/aromatic N) is 2. The van der Waals surface area contributed by atoms with Gasteiger partial charge < -0.3 is 15.2 Å². The molecule has 0 atom stereocenters. The fourth-order valence-electron chi connectivity index (χ4n) is 2.55. The summed E-state index contributed by atoms with van der Waals surface area (Å²) < 4.78 is 0. The number of aromatic hydroxyl groups is 2. The Hall–Kier alpha value is -2.09. The van der Waals surface area contributed by atoms with Crippen LogP contribution in [0.1, 0.15) is 5.69 Å². The zero-order valence-electron chi connectivity index (χ0n) is 14.9. The van der Waals surface area contributed by atoms with E-state index in [1.54, 1.807) is 54.1 Å². The Morgan fingerprint density at radius 3 is 1.78 bits per heavy atom. The van der Waals surface area contributed by atoms with Crippen LogP contribution in [-0.4, -0.2) is 49.7 Å². The van der Waals surface area contributed by atoms with Crippen molar-refractivity contribution in [3.8, 4) is 11.5 Å². The lowest BCUT2D eigenvalue weighted by molar-refractivity contribution is 0.298. The number of benzene rings is 2. The Labute approximate surface area is 167 Å². The Balaban J connectivity index is 1.48. The molecular formula is C20H23N3O2S2. The molecule has 0 radical (unpaired) electrons. The van der Waals surface area contributed by atoms with E-state index >= 15 is 0 Å². The summed E-state index contributed by atoms with van der Waals surface area (Å²) in [5.41, 5.74) is 1.11. The van der Waals surface area contributed by atoms with E-state index in [2.05, 4.69) is 14.9 Å². The van der Waals surface area contributed by atoms with Crippen molar-refractivity contribution in [2.24, 2.45) is 0 Å². The van der Waals surface area contributed by atoms with Crippen LogP contribution < -0.4 is 0 Å². The number of aromatic nitrogens is 2.